The van der Waals surface area contributed by atoms with E-state index in [9.17, 15) is 9.59 Å². The summed E-state index contributed by atoms with van der Waals surface area (Å²) in [4.78, 5) is 29.0. The van der Waals surface area contributed by atoms with E-state index < -0.39 is 5.91 Å². The molecule has 7 nitrogen and oxygen atoms in total. The molecule has 0 atom stereocenters. The van der Waals surface area contributed by atoms with Crippen LogP contribution in [0.2, 0.25) is 0 Å². The molecule has 4 rings (SSSR count). The van der Waals surface area contributed by atoms with Crippen LogP contribution >= 0.6 is 0 Å². The highest BCUT2D eigenvalue weighted by molar-refractivity contribution is 5.93. The Morgan fingerprint density at radius 3 is 2.61 bits per heavy atom. The van der Waals surface area contributed by atoms with Gasteiger partial charge in [-0.3, -0.25) is 9.59 Å². The SMILES string of the molecule is Cc1cc2oc(C(=O)NCc3nc(-c4ccccc4)no3)cc(=O)c2cc1C. The van der Waals surface area contributed by atoms with Crippen LogP contribution in [0, 0.1) is 13.8 Å². The van der Waals surface area contributed by atoms with Crippen molar-refractivity contribution < 1.29 is 13.7 Å². The summed E-state index contributed by atoms with van der Waals surface area (Å²) in [6, 6.07) is 14.1. The topological polar surface area (TPSA) is 98.2 Å². The molecule has 0 aliphatic heterocycles. The van der Waals surface area contributed by atoms with Crippen molar-refractivity contribution in [1.29, 1.82) is 0 Å². The summed E-state index contributed by atoms with van der Waals surface area (Å²) in [7, 11) is 0. The van der Waals surface area contributed by atoms with Gasteiger partial charge < -0.3 is 14.3 Å². The Hall–Kier alpha value is -3.74. The van der Waals surface area contributed by atoms with Gasteiger partial charge in [0.25, 0.3) is 5.91 Å². The molecule has 0 unspecified atom stereocenters. The van der Waals surface area contributed by atoms with Crippen molar-refractivity contribution in [3.05, 3.63) is 81.5 Å². The molecular weight excluding hydrogens is 358 g/mol. The Balaban J connectivity index is 1.52. The van der Waals surface area contributed by atoms with Crippen LogP contribution in [-0.2, 0) is 6.54 Å². The Bertz CT molecular complexity index is 1230. The quantitative estimate of drug-likeness (QED) is 0.587. The molecule has 0 radical (unpaired) electrons. The van der Waals surface area contributed by atoms with Crippen LogP contribution < -0.4 is 10.7 Å². The van der Waals surface area contributed by atoms with E-state index >= 15 is 0 Å². The molecule has 0 aliphatic rings. The first-order valence-corrected chi connectivity index (χ1v) is 8.72. The number of hydrogen-bond acceptors (Lipinski definition) is 6. The summed E-state index contributed by atoms with van der Waals surface area (Å²) in [6.07, 6.45) is 0. The van der Waals surface area contributed by atoms with E-state index in [4.69, 9.17) is 8.94 Å². The molecule has 7 heteroatoms. The zero-order valence-corrected chi connectivity index (χ0v) is 15.4. The maximum absolute atomic E-state index is 12.4. The van der Waals surface area contributed by atoms with Crippen molar-refractivity contribution in [2.45, 2.75) is 20.4 Å². The maximum atomic E-state index is 12.4. The molecule has 0 bridgehead atoms. The second-order valence-electron chi connectivity index (χ2n) is 6.47. The molecule has 0 aliphatic carbocycles. The summed E-state index contributed by atoms with van der Waals surface area (Å²) in [5.41, 5.74) is 2.90. The first kappa shape index (κ1) is 17.7. The number of aryl methyl sites for hydroxylation is 2. The third-order valence-corrected chi connectivity index (χ3v) is 4.47. The zero-order valence-electron chi connectivity index (χ0n) is 15.4. The molecule has 28 heavy (non-hydrogen) atoms. The lowest BCUT2D eigenvalue weighted by Gasteiger charge is -2.05. The van der Waals surface area contributed by atoms with Crippen LogP contribution in [0.4, 0.5) is 0 Å². The molecule has 140 valence electrons. The molecule has 1 N–H and O–H groups in total. The van der Waals surface area contributed by atoms with Crippen LogP contribution in [0.25, 0.3) is 22.4 Å². The fourth-order valence-corrected chi connectivity index (χ4v) is 2.80. The van der Waals surface area contributed by atoms with E-state index in [1.807, 2.05) is 44.2 Å². The standard InChI is InChI=1S/C21H17N3O4/c1-12-8-15-16(25)10-18(27-17(15)9-13(12)2)21(26)22-11-19-23-20(24-28-19)14-6-4-3-5-7-14/h3-10H,11H2,1-2H3,(H,22,26). The number of carbonyl (C=O) groups excluding carboxylic acids is 1. The van der Waals surface area contributed by atoms with Gasteiger partial charge in [0.1, 0.15) is 5.58 Å². The van der Waals surface area contributed by atoms with Crippen LogP contribution in [0.15, 0.2) is 62.3 Å². The van der Waals surface area contributed by atoms with Gasteiger partial charge in [0, 0.05) is 11.6 Å². The number of amides is 1. The molecule has 0 spiro atoms. The number of fused-ring (bicyclic) bond motifs is 1. The van der Waals surface area contributed by atoms with E-state index in [1.165, 1.54) is 6.07 Å². The fraction of sp³-hybridized carbons (Fsp3) is 0.143. The Morgan fingerprint density at radius 1 is 1.07 bits per heavy atom. The Labute approximate surface area is 160 Å². The largest absolute Gasteiger partial charge is 0.451 e. The summed E-state index contributed by atoms with van der Waals surface area (Å²) >= 11 is 0. The Morgan fingerprint density at radius 2 is 1.82 bits per heavy atom. The predicted molar refractivity (Wildman–Crippen MR) is 103 cm³/mol. The second-order valence-corrected chi connectivity index (χ2v) is 6.47. The lowest BCUT2D eigenvalue weighted by molar-refractivity contribution is 0.0919. The van der Waals surface area contributed by atoms with E-state index in [2.05, 4.69) is 15.5 Å². The van der Waals surface area contributed by atoms with Crippen molar-refractivity contribution >= 4 is 16.9 Å². The van der Waals surface area contributed by atoms with Gasteiger partial charge in [-0.25, -0.2) is 0 Å². The molecule has 2 aromatic carbocycles. The third kappa shape index (κ3) is 3.42. The molecule has 4 aromatic rings. The summed E-state index contributed by atoms with van der Waals surface area (Å²) in [5, 5.41) is 6.98. The lowest BCUT2D eigenvalue weighted by Crippen LogP contribution is -2.24. The first-order valence-electron chi connectivity index (χ1n) is 8.72. The van der Waals surface area contributed by atoms with Crippen molar-refractivity contribution in [2.75, 3.05) is 0 Å². The minimum absolute atomic E-state index is 0.0212. The maximum Gasteiger partial charge on any atom is 0.287 e. The number of hydrogen-bond donors (Lipinski definition) is 1. The zero-order chi connectivity index (χ0) is 19.7. The van der Waals surface area contributed by atoms with Gasteiger partial charge in [-0.2, -0.15) is 4.98 Å². The van der Waals surface area contributed by atoms with Crippen LogP contribution in [0.3, 0.4) is 0 Å². The highest BCUT2D eigenvalue weighted by atomic mass is 16.5. The van der Waals surface area contributed by atoms with Crippen molar-refractivity contribution in [1.82, 2.24) is 15.5 Å². The second kappa shape index (κ2) is 7.11. The molecule has 2 heterocycles. The van der Waals surface area contributed by atoms with Gasteiger partial charge in [0.15, 0.2) is 11.2 Å². The number of aromatic nitrogens is 2. The number of nitrogens with zero attached hydrogens (tertiary/aromatic N) is 2. The summed E-state index contributed by atoms with van der Waals surface area (Å²) < 4.78 is 10.8. The number of benzene rings is 2. The van der Waals surface area contributed by atoms with Crippen molar-refractivity contribution in [2.24, 2.45) is 0 Å². The van der Waals surface area contributed by atoms with Gasteiger partial charge in [0.05, 0.1) is 11.9 Å². The van der Waals surface area contributed by atoms with Gasteiger partial charge in [0.2, 0.25) is 11.7 Å². The predicted octanol–water partition coefficient (Wildman–Crippen LogP) is 3.39. The van der Waals surface area contributed by atoms with Crippen LogP contribution in [0.5, 0.6) is 0 Å². The fourth-order valence-electron chi connectivity index (χ4n) is 2.80. The first-order chi connectivity index (χ1) is 13.5. The third-order valence-electron chi connectivity index (χ3n) is 4.47. The minimum atomic E-state index is -0.531. The van der Waals surface area contributed by atoms with Crippen molar-refractivity contribution in [3.63, 3.8) is 0 Å². The molecule has 0 saturated heterocycles. The molecule has 1 amide bonds. The Kier molecular flexibility index (Phi) is 4.49. The molecular formula is C21H17N3O4. The molecule has 2 aromatic heterocycles. The average Bonchev–Trinajstić information content (AvgIpc) is 3.17. The molecule has 0 fully saturated rings. The average molecular weight is 375 g/mol. The smallest absolute Gasteiger partial charge is 0.287 e. The normalized spacial score (nSPS) is 10.9. The summed E-state index contributed by atoms with van der Waals surface area (Å²) in [5.74, 6) is 0.0926. The number of carbonyl (C=O) groups is 1. The van der Waals surface area contributed by atoms with Crippen molar-refractivity contribution in [3.8, 4) is 11.4 Å². The van der Waals surface area contributed by atoms with E-state index in [0.717, 1.165) is 16.7 Å². The minimum Gasteiger partial charge on any atom is -0.451 e. The lowest BCUT2D eigenvalue weighted by atomic mass is 10.1. The highest BCUT2D eigenvalue weighted by Gasteiger charge is 2.15. The van der Waals surface area contributed by atoms with Gasteiger partial charge in [-0.05, 0) is 37.1 Å². The van der Waals surface area contributed by atoms with Gasteiger partial charge in [-0.15, -0.1) is 0 Å². The van der Waals surface area contributed by atoms with E-state index in [0.29, 0.717) is 16.8 Å². The monoisotopic (exact) mass is 375 g/mol. The highest BCUT2D eigenvalue weighted by Crippen LogP contribution is 2.18. The number of nitrogens with one attached hydrogen (secondary N) is 1. The number of rotatable bonds is 4. The van der Waals surface area contributed by atoms with E-state index in [1.54, 1.807) is 12.1 Å². The van der Waals surface area contributed by atoms with Gasteiger partial charge >= 0.3 is 0 Å². The summed E-state index contributed by atoms with van der Waals surface area (Å²) in [6.45, 7) is 3.86. The van der Waals surface area contributed by atoms with E-state index in [-0.39, 0.29) is 23.6 Å². The molecule has 0 saturated carbocycles. The van der Waals surface area contributed by atoms with Crippen LogP contribution in [-0.4, -0.2) is 16.0 Å². The van der Waals surface area contributed by atoms with Gasteiger partial charge in [-0.1, -0.05) is 35.5 Å². The van der Waals surface area contributed by atoms with Crippen LogP contribution in [0.1, 0.15) is 27.6 Å².